The number of nitrogens with zero attached hydrogens (tertiary/aromatic N) is 1. The molecule has 1 aliphatic rings. The van der Waals surface area contributed by atoms with Crippen LogP contribution in [0.25, 0.3) is 0 Å². The molecular weight excluding hydrogens is 161 g/mol. The van der Waals surface area contributed by atoms with E-state index in [1.165, 1.54) is 0 Å². The zero-order chi connectivity index (χ0) is 6.74. The normalized spacial score (nSPS) is 22.0. The summed E-state index contributed by atoms with van der Waals surface area (Å²) in [7, 11) is 0. The minimum absolute atomic E-state index is 0.399. The van der Waals surface area contributed by atoms with Crippen LogP contribution in [-0.4, -0.2) is 23.6 Å². The molecule has 1 rings (SSSR count). The van der Waals surface area contributed by atoms with Gasteiger partial charge in [-0.05, 0) is 0 Å². The molecule has 0 atom stereocenters. The van der Waals surface area contributed by atoms with Crippen LogP contribution in [0.3, 0.4) is 0 Å². The van der Waals surface area contributed by atoms with Gasteiger partial charge in [-0.1, -0.05) is 5.16 Å². The van der Waals surface area contributed by atoms with Gasteiger partial charge in [0.05, 0.1) is 11.8 Å². The third-order valence-corrected chi connectivity index (χ3v) is 2.25. The Hall–Kier alpha value is 0.0500. The van der Waals surface area contributed by atoms with Crippen molar-refractivity contribution in [3.05, 3.63) is 0 Å². The van der Waals surface area contributed by atoms with E-state index in [0.29, 0.717) is 11.8 Å². The molecule has 0 fully saturated rings. The first-order chi connectivity index (χ1) is 4.33. The van der Waals surface area contributed by atoms with E-state index in [1.807, 2.05) is 0 Å². The summed E-state index contributed by atoms with van der Waals surface area (Å²) in [4.78, 5) is 4.94. The highest BCUT2D eigenvalue weighted by Crippen LogP contribution is 2.23. The molecule has 0 saturated heterocycles. The Morgan fingerprint density at radius 2 is 2.22 bits per heavy atom. The highest BCUT2D eigenvalue weighted by Gasteiger charge is 2.33. The number of hydrogen-bond donors (Lipinski definition) is 0. The Morgan fingerprint density at radius 1 is 1.56 bits per heavy atom. The maximum atomic E-state index is 5.58. The molecule has 1 heterocycles. The molecule has 0 aliphatic carbocycles. The minimum Gasteiger partial charge on any atom is -0.387 e. The van der Waals surface area contributed by atoms with Crippen LogP contribution in [0, 0.1) is 0 Å². The van der Waals surface area contributed by atoms with Crippen molar-refractivity contribution >= 4 is 29.4 Å². The fraction of sp³-hybridized carbons (Fsp3) is 0.800. The molecule has 0 aromatic rings. The Morgan fingerprint density at radius 3 is 2.44 bits per heavy atom. The smallest absolute Gasteiger partial charge is 0.169 e. The first-order valence-corrected chi connectivity index (χ1v) is 3.72. The topological polar surface area (TPSA) is 21.6 Å². The zero-order valence-electron chi connectivity index (χ0n) is 4.81. The highest BCUT2D eigenvalue weighted by atomic mass is 35.5. The van der Waals surface area contributed by atoms with Gasteiger partial charge in [0.2, 0.25) is 0 Å². The third-order valence-electron chi connectivity index (χ3n) is 1.27. The van der Waals surface area contributed by atoms with E-state index >= 15 is 0 Å². The largest absolute Gasteiger partial charge is 0.387 e. The van der Waals surface area contributed by atoms with Gasteiger partial charge in [0.1, 0.15) is 0 Å². The fourth-order valence-corrected chi connectivity index (χ4v) is 1.19. The molecule has 0 radical (unpaired) electrons. The van der Waals surface area contributed by atoms with Crippen molar-refractivity contribution in [2.45, 2.75) is 12.0 Å². The van der Waals surface area contributed by atoms with Crippen molar-refractivity contribution in [2.75, 3.05) is 11.8 Å². The molecule has 1 aliphatic heterocycles. The summed E-state index contributed by atoms with van der Waals surface area (Å²) in [5.74, 6) is 0.799. The number of alkyl halides is 2. The first-order valence-electron chi connectivity index (χ1n) is 2.65. The molecule has 4 heteroatoms. The predicted octanol–water partition coefficient (Wildman–Crippen LogP) is 1.61. The third kappa shape index (κ3) is 1.30. The Labute approximate surface area is 63.8 Å². The maximum absolute atomic E-state index is 5.58. The van der Waals surface area contributed by atoms with Gasteiger partial charge in [0.25, 0.3) is 0 Å². The van der Waals surface area contributed by atoms with Gasteiger partial charge in [-0.3, -0.25) is 0 Å². The Bertz CT molecular complexity index is 112. The SMILES string of the molecule is ClCC1(CCl)CC=NO1. The second-order valence-corrected chi connectivity index (χ2v) is 2.57. The first kappa shape index (κ1) is 7.16. The van der Waals surface area contributed by atoms with Gasteiger partial charge < -0.3 is 4.84 Å². The van der Waals surface area contributed by atoms with Crippen LogP contribution in [-0.2, 0) is 4.84 Å². The lowest BCUT2D eigenvalue weighted by atomic mass is 10.1. The van der Waals surface area contributed by atoms with Crippen LogP contribution in [0.1, 0.15) is 6.42 Å². The van der Waals surface area contributed by atoms with Gasteiger partial charge >= 0.3 is 0 Å². The van der Waals surface area contributed by atoms with Crippen molar-refractivity contribution in [3.63, 3.8) is 0 Å². The standard InChI is InChI=1S/C5H7Cl2NO/c6-3-5(4-7)1-2-8-9-5/h2H,1,3-4H2. The summed E-state index contributed by atoms with van der Waals surface area (Å²) < 4.78 is 0. The van der Waals surface area contributed by atoms with Gasteiger partial charge in [0, 0.05) is 12.6 Å². The van der Waals surface area contributed by atoms with Crippen molar-refractivity contribution in [2.24, 2.45) is 5.16 Å². The lowest BCUT2D eigenvalue weighted by molar-refractivity contribution is 0.0181. The van der Waals surface area contributed by atoms with E-state index in [2.05, 4.69) is 5.16 Å². The molecule has 9 heavy (non-hydrogen) atoms. The highest BCUT2D eigenvalue weighted by molar-refractivity contribution is 6.22. The van der Waals surface area contributed by atoms with E-state index < -0.39 is 5.60 Å². The van der Waals surface area contributed by atoms with Crippen molar-refractivity contribution < 1.29 is 4.84 Å². The van der Waals surface area contributed by atoms with E-state index in [-0.39, 0.29) is 0 Å². The van der Waals surface area contributed by atoms with Crippen LogP contribution < -0.4 is 0 Å². The van der Waals surface area contributed by atoms with E-state index in [0.717, 1.165) is 6.42 Å². The molecule has 0 aromatic heterocycles. The summed E-state index contributed by atoms with van der Waals surface area (Å²) in [6, 6.07) is 0. The number of oxime groups is 1. The average Bonchev–Trinajstić information content (AvgIpc) is 2.36. The van der Waals surface area contributed by atoms with Crippen molar-refractivity contribution in [1.29, 1.82) is 0 Å². The van der Waals surface area contributed by atoms with Gasteiger partial charge in [-0.2, -0.15) is 0 Å². The molecule has 0 saturated carbocycles. The number of hydrogen-bond acceptors (Lipinski definition) is 2. The van der Waals surface area contributed by atoms with Crippen LogP contribution in [0.15, 0.2) is 5.16 Å². The summed E-state index contributed by atoms with van der Waals surface area (Å²) in [6.07, 6.45) is 2.41. The van der Waals surface area contributed by atoms with E-state index in [9.17, 15) is 0 Å². The second-order valence-electron chi connectivity index (χ2n) is 2.03. The summed E-state index contributed by atoms with van der Waals surface area (Å²) in [6.45, 7) is 0. The summed E-state index contributed by atoms with van der Waals surface area (Å²) in [5, 5.41) is 3.58. The van der Waals surface area contributed by atoms with Gasteiger partial charge in [0.15, 0.2) is 5.60 Å². The Balaban J connectivity index is 2.50. The molecule has 0 spiro atoms. The van der Waals surface area contributed by atoms with Gasteiger partial charge in [-0.15, -0.1) is 23.2 Å². The second kappa shape index (κ2) is 2.76. The molecule has 0 N–H and O–H groups in total. The van der Waals surface area contributed by atoms with Gasteiger partial charge in [-0.25, -0.2) is 0 Å². The predicted molar refractivity (Wildman–Crippen MR) is 38.4 cm³/mol. The lowest BCUT2D eigenvalue weighted by Crippen LogP contribution is -2.32. The molecule has 52 valence electrons. The van der Waals surface area contributed by atoms with Crippen LogP contribution in [0.5, 0.6) is 0 Å². The molecule has 0 bridgehead atoms. The minimum atomic E-state index is -0.414. The quantitative estimate of drug-likeness (QED) is 0.574. The monoisotopic (exact) mass is 167 g/mol. The lowest BCUT2D eigenvalue weighted by Gasteiger charge is -2.19. The maximum Gasteiger partial charge on any atom is 0.169 e. The Kier molecular flexibility index (Phi) is 2.19. The number of halogens is 2. The average molecular weight is 168 g/mol. The summed E-state index contributed by atoms with van der Waals surface area (Å²) >= 11 is 11.2. The van der Waals surface area contributed by atoms with E-state index in [4.69, 9.17) is 28.0 Å². The fourth-order valence-electron chi connectivity index (χ4n) is 0.584. The van der Waals surface area contributed by atoms with Crippen LogP contribution in [0.4, 0.5) is 0 Å². The zero-order valence-corrected chi connectivity index (χ0v) is 6.32. The molecular formula is C5H7Cl2NO. The van der Waals surface area contributed by atoms with Crippen LogP contribution >= 0.6 is 23.2 Å². The molecule has 0 amide bonds. The summed E-state index contributed by atoms with van der Waals surface area (Å²) in [5.41, 5.74) is -0.414. The number of rotatable bonds is 2. The molecule has 2 nitrogen and oxygen atoms in total. The molecule has 0 unspecified atom stereocenters. The van der Waals surface area contributed by atoms with Crippen molar-refractivity contribution in [1.82, 2.24) is 0 Å². The molecule has 0 aromatic carbocycles. The van der Waals surface area contributed by atoms with Crippen LogP contribution in [0.2, 0.25) is 0 Å². The van der Waals surface area contributed by atoms with Crippen molar-refractivity contribution in [3.8, 4) is 0 Å². The van der Waals surface area contributed by atoms with E-state index in [1.54, 1.807) is 6.21 Å².